The largest absolute Gasteiger partial charge is 0.493 e. The highest BCUT2D eigenvalue weighted by Crippen LogP contribution is 2.29. The Morgan fingerprint density at radius 1 is 1.45 bits per heavy atom. The van der Waals surface area contributed by atoms with E-state index in [1.54, 1.807) is 25.1 Å². The molecule has 120 valence electrons. The van der Waals surface area contributed by atoms with Gasteiger partial charge in [-0.05, 0) is 37.3 Å². The SMILES string of the molecule is C=CCNC(=S)N/N=C(/C)c1ccc(OC(F)F)c(OC)c1. The van der Waals surface area contributed by atoms with Gasteiger partial charge in [-0.25, -0.2) is 0 Å². The summed E-state index contributed by atoms with van der Waals surface area (Å²) in [5.74, 6) is 0.157. The summed E-state index contributed by atoms with van der Waals surface area (Å²) < 4.78 is 33.9. The Balaban J connectivity index is 2.82. The molecule has 0 saturated heterocycles. The molecule has 1 aromatic rings. The van der Waals surface area contributed by atoms with Crippen molar-refractivity contribution < 1.29 is 18.3 Å². The summed E-state index contributed by atoms with van der Waals surface area (Å²) in [6.07, 6.45) is 1.66. The van der Waals surface area contributed by atoms with Gasteiger partial charge in [0, 0.05) is 12.1 Å². The fraction of sp³-hybridized carbons (Fsp3) is 0.286. The zero-order chi connectivity index (χ0) is 16.5. The van der Waals surface area contributed by atoms with Gasteiger partial charge in [-0.15, -0.1) is 6.58 Å². The minimum atomic E-state index is -2.91. The molecule has 0 unspecified atom stereocenters. The Morgan fingerprint density at radius 2 is 2.18 bits per heavy atom. The van der Waals surface area contributed by atoms with Crippen LogP contribution in [-0.4, -0.2) is 31.1 Å². The molecular weight excluding hydrogens is 312 g/mol. The van der Waals surface area contributed by atoms with Gasteiger partial charge >= 0.3 is 6.61 Å². The minimum absolute atomic E-state index is 0.0369. The first kappa shape index (κ1) is 17.8. The van der Waals surface area contributed by atoms with Crippen molar-refractivity contribution in [2.75, 3.05) is 13.7 Å². The third-order valence-electron chi connectivity index (χ3n) is 2.53. The number of nitrogens with zero attached hydrogens (tertiary/aromatic N) is 1. The molecule has 1 rings (SSSR count). The van der Waals surface area contributed by atoms with E-state index in [1.165, 1.54) is 13.2 Å². The number of rotatable bonds is 7. The first-order valence-electron chi connectivity index (χ1n) is 6.30. The number of methoxy groups -OCH3 is 1. The number of benzene rings is 1. The molecule has 0 spiro atoms. The molecule has 0 aliphatic carbocycles. The zero-order valence-corrected chi connectivity index (χ0v) is 13.0. The number of ether oxygens (including phenoxy) is 2. The van der Waals surface area contributed by atoms with Gasteiger partial charge in [-0.3, -0.25) is 5.43 Å². The van der Waals surface area contributed by atoms with E-state index in [0.717, 1.165) is 0 Å². The lowest BCUT2D eigenvalue weighted by Crippen LogP contribution is -2.32. The van der Waals surface area contributed by atoms with Crippen molar-refractivity contribution in [3.05, 3.63) is 36.4 Å². The quantitative estimate of drug-likeness (QED) is 0.349. The van der Waals surface area contributed by atoms with Crippen LogP contribution < -0.4 is 20.2 Å². The van der Waals surface area contributed by atoms with Crippen LogP contribution in [0.25, 0.3) is 0 Å². The van der Waals surface area contributed by atoms with Crippen molar-refractivity contribution in [3.63, 3.8) is 0 Å². The number of hydrazone groups is 1. The molecule has 0 aliphatic heterocycles. The van der Waals surface area contributed by atoms with Gasteiger partial charge in [-0.2, -0.15) is 13.9 Å². The minimum Gasteiger partial charge on any atom is -0.493 e. The predicted octanol–water partition coefficient (Wildman–Crippen LogP) is 2.67. The summed E-state index contributed by atoms with van der Waals surface area (Å²) in [5.41, 5.74) is 3.95. The molecule has 0 atom stereocenters. The van der Waals surface area contributed by atoms with Gasteiger partial charge < -0.3 is 14.8 Å². The molecule has 0 bridgehead atoms. The molecule has 0 fully saturated rings. The highest BCUT2D eigenvalue weighted by molar-refractivity contribution is 7.80. The first-order valence-corrected chi connectivity index (χ1v) is 6.71. The number of halogens is 2. The van der Waals surface area contributed by atoms with E-state index >= 15 is 0 Å². The lowest BCUT2D eigenvalue weighted by Gasteiger charge is -2.11. The Hall–Kier alpha value is -2.22. The molecule has 0 aromatic heterocycles. The maximum absolute atomic E-state index is 12.3. The van der Waals surface area contributed by atoms with Crippen LogP contribution in [0.1, 0.15) is 12.5 Å². The fourth-order valence-electron chi connectivity index (χ4n) is 1.49. The van der Waals surface area contributed by atoms with Crippen LogP contribution in [0.2, 0.25) is 0 Å². The topological polar surface area (TPSA) is 54.9 Å². The summed E-state index contributed by atoms with van der Waals surface area (Å²) >= 11 is 5.00. The van der Waals surface area contributed by atoms with Crippen LogP contribution >= 0.6 is 12.2 Å². The molecule has 8 heteroatoms. The zero-order valence-electron chi connectivity index (χ0n) is 12.2. The number of nitrogens with one attached hydrogen (secondary N) is 2. The maximum atomic E-state index is 12.3. The Labute approximate surface area is 133 Å². The van der Waals surface area contributed by atoms with E-state index in [2.05, 4.69) is 27.2 Å². The summed E-state index contributed by atoms with van der Waals surface area (Å²) in [6.45, 7) is 2.91. The Morgan fingerprint density at radius 3 is 2.77 bits per heavy atom. The van der Waals surface area contributed by atoms with Crippen molar-refractivity contribution >= 4 is 23.0 Å². The van der Waals surface area contributed by atoms with E-state index in [9.17, 15) is 8.78 Å². The number of alkyl halides is 2. The van der Waals surface area contributed by atoms with Crippen LogP contribution in [0.4, 0.5) is 8.78 Å². The summed E-state index contributed by atoms with van der Waals surface area (Å²) in [5, 5.41) is 7.31. The van der Waals surface area contributed by atoms with Crippen molar-refractivity contribution in [2.45, 2.75) is 13.5 Å². The van der Waals surface area contributed by atoms with Crippen LogP contribution in [0.3, 0.4) is 0 Å². The lowest BCUT2D eigenvalue weighted by molar-refractivity contribution is -0.0512. The molecular formula is C14H17F2N3O2S. The highest BCUT2D eigenvalue weighted by atomic mass is 32.1. The number of hydrogen-bond acceptors (Lipinski definition) is 4. The summed E-state index contributed by atoms with van der Waals surface area (Å²) in [7, 11) is 1.37. The molecule has 0 heterocycles. The Bertz CT molecular complexity index is 565. The molecule has 22 heavy (non-hydrogen) atoms. The van der Waals surface area contributed by atoms with Gasteiger partial charge in [0.1, 0.15) is 0 Å². The van der Waals surface area contributed by atoms with Gasteiger partial charge in [0.05, 0.1) is 12.8 Å². The number of thiocarbonyl (C=S) groups is 1. The van der Waals surface area contributed by atoms with Crippen molar-refractivity contribution in [2.24, 2.45) is 5.10 Å². The third kappa shape index (κ3) is 5.65. The van der Waals surface area contributed by atoms with Crippen LogP contribution in [0.5, 0.6) is 11.5 Å². The molecule has 0 radical (unpaired) electrons. The van der Waals surface area contributed by atoms with Crippen LogP contribution in [-0.2, 0) is 0 Å². The third-order valence-corrected chi connectivity index (χ3v) is 2.77. The molecule has 1 aromatic carbocycles. The van der Waals surface area contributed by atoms with Gasteiger partial charge in [0.15, 0.2) is 16.6 Å². The van der Waals surface area contributed by atoms with Crippen molar-refractivity contribution in [1.29, 1.82) is 0 Å². The normalized spacial score (nSPS) is 11.0. The van der Waals surface area contributed by atoms with Crippen molar-refractivity contribution in [1.82, 2.24) is 10.7 Å². The number of hydrogen-bond donors (Lipinski definition) is 2. The molecule has 2 N–H and O–H groups in total. The standard InChI is InChI=1S/C14H17F2N3O2S/c1-4-7-17-14(22)19-18-9(2)10-5-6-11(21-13(15)16)12(8-10)20-3/h4-6,8,13H,1,7H2,2-3H3,(H2,17,19,22)/b18-9-. The second kappa shape index (κ2) is 8.93. The van der Waals surface area contributed by atoms with Crippen LogP contribution in [0.15, 0.2) is 36.0 Å². The molecule has 0 saturated carbocycles. The van der Waals surface area contributed by atoms with E-state index in [-0.39, 0.29) is 11.5 Å². The van der Waals surface area contributed by atoms with Crippen LogP contribution in [0, 0.1) is 0 Å². The maximum Gasteiger partial charge on any atom is 0.387 e. The second-order valence-electron chi connectivity index (χ2n) is 4.05. The van der Waals surface area contributed by atoms with E-state index in [4.69, 9.17) is 17.0 Å². The van der Waals surface area contributed by atoms with Gasteiger partial charge in [0.25, 0.3) is 0 Å². The summed E-state index contributed by atoms with van der Waals surface area (Å²) in [6, 6.07) is 4.55. The molecule has 0 aliphatic rings. The summed E-state index contributed by atoms with van der Waals surface area (Å²) in [4.78, 5) is 0. The van der Waals surface area contributed by atoms with E-state index in [0.29, 0.717) is 22.9 Å². The second-order valence-corrected chi connectivity index (χ2v) is 4.46. The Kier molecular flexibility index (Phi) is 7.24. The lowest BCUT2D eigenvalue weighted by atomic mass is 10.1. The van der Waals surface area contributed by atoms with E-state index < -0.39 is 6.61 Å². The average Bonchev–Trinajstić information content (AvgIpc) is 2.50. The van der Waals surface area contributed by atoms with Gasteiger partial charge in [-0.1, -0.05) is 6.08 Å². The fourth-order valence-corrected chi connectivity index (χ4v) is 1.62. The monoisotopic (exact) mass is 329 g/mol. The molecule has 0 amide bonds. The smallest absolute Gasteiger partial charge is 0.387 e. The molecule has 5 nitrogen and oxygen atoms in total. The highest BCUT2D eigenvalue weighted by Gasteiger charge is 2.12. The average molecular weight is 329 g/mol. The first-order chi connectivity index (χ1) is 10.5. The predicted molar refractivity (Wildman–Crippen MR) is 85.8 cm³/mol. The van der Waals surface area contributed by atoms with Gasteiger partial charge in [0.2, 0.25) is 0 Å². The van der Waals surface area contributed by atoms with E-state index in [1.807, 2.05) is 0 Å². The van der Waals surface area contributed by atoms with Crippen molar-refractivity contribution in [3.8, 4) is 11.5 Å².